The van der Waals surface area contributed by atoms with Crippen LogP contribution in [0.3, 0.4) is 0 Å². The number of nitrogens with two attached hydrogens (primary N) is 1. The fraction of sp³-hybridized carbons (Fsp3) is 0.438. The van der Waals surface area contributed by atoms with Gasteiger partial charge in [0.25, 0.3) is 5.91 Å². The molecule has 2 unspecified atom stereocenters. The lowest BCUT2D eigenvalue weighted by Crippen LogP contribution is -2.42. The summed E-state index contributed by atoms with van der Waals surface area (Å²) in [5, 5.41) is 1.59. The van der Waals surface area contributed by atoms with Gasteiger partial charge in [0, 0.05) is 28.2 Å². The van der Waals surface area contributed by atoms with Crippen molar-refractivity contribution < 1.29 is 4.79 Å². The lowest BCUT2D eigenvalue weighted by Gasteiger charge is -2.34. The van der Waals surface area contributed by atoms with Gasteiger partial charge in [0.2, 0.25) is 0 Å². The van der Waals surface area contributed by atoms with Crippen LogP contribution in [0.2, 0.25) is 5.02 Å². The Hall–Kier alpha value is -1.26. The third-order valence-electron chi connectivity index (χ3n) is 4.04. The normalized spacial score (nSPS) is 22.7. The number of amides is 1. The highest BCUT2D eigenvalue weighted by atomic mass is 35.5. The average molecular weight is 323 g/mol. The number of rotatable bonds is 1. The van der Waals surface area contributed by atoms with E-state index in [9.17, 15) is 4.79 Å². The van der Waals surface area contributed by atoms with Gasteiger partial charge in [0.1, 0.15) is 4.88 Å². The molecule has 2 heterocycles. The molecule has 1 aliphatic rings. The summed E-state index contributed by atoms with van der Waals surface area (Å²) in [7, 11) is 0. The predicted octanol–water partition coefficient (Wildman–Crippen LogP) is 4.26. The molecule has 2 N–H and O–H groups in total. The maximum absolute atomic E-state index is 12.8. The molecule has 3 nitrogen and oxygen atoms in total. The van der Waals surface area contributed by atoms with E-state index in [-0.39, 0.29) is 5.91 Å². The molecule has 1 aromatic carbocycles. The molecular formula is C16H19ClN2OS. The Labute approximate surface area is 133 Å². The monoisotopic (exact) mass is 322 g/mol. The Kier molecular flexibility index (Phi) is 3.84. The van der Waals surface area contributed by atoms with Gasteiger partial charge in [-0.3, -0.25) is 4.79 Å². The van der Waals surface area contributed by atoms with E-state index in [2.05, 4.69) is 13.8 Å². The number of carbonyl (C=O) groups is 1. The Morgan fingerprint density at radius 1 is 1.33 bits per heavy atom. The number of nitrogen functional groups attached to an aromatic ring is 1. The van der Waals surface area contributed by atoms with Crippen molar-refractivity contribution in [2.75, 3.05) is 18.8 Å². The van der Waals surface area contributed by atoms with E-state index in [1.807, 2.05) is 23.1 Å². The minimum absolute atomic E-state index is 0.0585. The number of nitrogens with zero attached hydrogens (tertiary/aromatic N) is 1. The number of hydrogen-bond donors (Lipinski definition) is 1. The summed E-state index contributed by atoms with van der Waals surface area (Å²) in [5.74, 6) is 1.15. The third kappa shape index (κ3) is 2.74. The summed E-state index contributed by atoms with van der Waals surface area (Å²) in [6.45, 7) is 6.03. The number of likely N-dealkylation sites (tertiary alicyclic amines) is 1. The maximum Gasteiger partial charge on any atom is 0.266 e. The predicted molar refractivity (Wildman–Crippen MR) is 90.1 cm³/mol. The van der Waals surface area contributed by atoms with Crippen LogP contribution in [0, 0.1) is 11.8 Å². The minimum Gasteiger partial charge on any atom is -0.397 e. The van der Waals surface area contributed by atoms with Gasteiger partial charge in [0.05, 0.1) is 5.69 Å². The van der Waals surface area contributed by atoms with Crippen LogP contribution >= 0.6 is 22.9 Å². The number of fused-ring (bicyclic) bond motifs is 1. The summed E-state index contributed by atoms with van der Waals surface area (Å²) in [5.41, 5.74) is 6.77. The molecule has 0 spiro atoms. The lowest BCUT2D eigenvalue weighted by molar-refractivity contribution is 0.0629. The van der Waals surface area contributed by atoms with Crippen molar-refractivity contribution in [1.82, 2.24) is 4.90 Å². The third-order valence-corrected chi connectivity index (χ3v) is 5.43. The van der Waals surface area contributed by atoms with Crippen molar-refractivity contribution in [2.24, 2.45) is 11.8 Å². The zero-order valence-electron chi connectivity index (χ0n) is 12.2. The lowest BCUT2D eigenvalue weighted by atomic mass is 9.92. The summed E-state index contributed by atoms with van der Waals surface area (Å²) in [4.78, 5) is 15.4. The standard InChI is InChI=1S/C16H19ClN2OS/c1-9-5-10(2)8-19(7-9)16(20)15-14(18)12-4-3-11(17)6-13(12)21-15/h3-4,6,9-10H,5,7-8,18H2,1-2H3. The van der Waals surface area contributed by atoms with Gasteiger partial charge in [-0.25, -0.2) is 0 Å². The first-order valence-electron chi connectivity index (χ1n) is 7.22. The number of thiophene rings is 1. The van der Waals surface area contributed by atoms with E-state index >= 15 is 0 Å². The Morgan fingerprint density at radius 3 is 2.67 bits per heavy atom. The van der Waals surface area contributed by atoms with Crippen LogP contribution in [0.5, 0.6) is 0 Å². The molecule has 5 heteroatoms. The molecule has 0 bridgehead atoms. The van der Waals surface area contributed by atoms with Crippen molar-refractivity contribution >= 4 is 44.6 Å². The number of piperidine rings is 1. The van der Waals surface area contributed by atoms with Gasteiger partial charge >= 0.3 is 0 Å². The van der Waals surface area contributed by atoms with Gasteiger partial charge in [-0.1, -0.05) is 25.4 Å². The van der Waals surface area contributed by atoms with Gasteiger partial charge in [0.15, 0.2) is 0 Å². The number of carbonyl (C=O) groups excluding carboxylic acids is 1. The quantitative estimate of drug-likeness (QED) is 0.853. The van der Waals surface area contributed by atoms with Gasteiger partial charge in [-0.15, -0.1) is 11.3 Å². The van der Waals surface area contributed by atoms with Crippen LogP contribution in [0.25, 0.3) is 10.1 Å². The van der Waals surface area contributed by atoms with E-state index in [1.165, 1.54) is 17.8 Å². The molecule has 2 aromatic rings. The Morgan fingerprint density at radius 2 is 2.00 bits per heavy atom. The SMILES string of the molecule is CC1CC(C)CN(C(=O)c2sc3cc(Cl)ccc3c2N)C1. The molecule has 0 aliphatic carbocycles. The molecule has 0 radical (unpaired) electrons. The average Bonchev–Trinajstić information content (AvgIpc) is 2.73. The maximum atomic E-state index is 12.8. The molecule has 2 atom stereocenters. The van der Waals surface area contributed by atoms with Gasteiger partial charge in [-0.2, -0.15) is 0 Å². The smallest absolute Gasteiger partial charge is 0.266 e. The van der Waals surface area contributed by atoms with Gasteiger partial charge in [-0.05, 0) is 36.5 Å². The highest BCUT2D eigenvalue weighted by molar-refractivity contribution is 7.21. The molecular weight excluding hydrogens is 304 g/mol. The fourth-order valence-corrected chi connectivity index (χ4v) is 4.59. The molecule has 21 heavy (non-hydrogen) atoms. The largest absolute Gasteiger partial charge is 0.397 e. The first-order valence-corrected chi connectivity index (χ1v) is 8.42. The number of halogens is 1. The van der Waals surface area contributed by atoms with Crippen LogP contribution in [-0.4, -0.2) is 23.9 Å². The van der Waals surface area contributed by atoms with Crippen molar-refractivity contribution in [2.45, 2.75) is 20.3 Å². The topological polar surface area (TPSA) is 46.3 Å². The molecule has 112 valence electrons. The van der Waals surface area contributed by atoms with E-state index in [0.717, 1.165) is 23.2 Å². The van der Waals surface area contributed by atoms with Crippen LogP contribution in [0.1, 0.15) is 29.9 Å². The second-order valence-electron chi connectivity index (χ2n) is 6.14. The van der Waals surface area contributed by atoms with Crippen LogP contribution < -0.4 is 5.73 Å². The summed E-state index contributed by atoms with van der Waals surface area (Å²) < 4.78 is 0.974. The molecule has 1 aromatic heterocycles. The van der Waals surface area contributed by atoms with Crippen LogP contribution in [0.15, 0.2) is 18.2 Å². The van der Waals surface area contributed by atoms with Crippen molar-refractivity contribution in [3.63, 3.8) is 0 Å². The van der Waals surface area contributed by atoms with Crippen molar-refractivity contribution in [3.8, 4) is 0 Å². The Bertz CT molecular complexity index is 687. The summed E-state index contributed by atoms with van der Waals surface area (Å²) in [6, 6.07) is 5.57. The summed E-state index contributed by atoms with van der Waals surface area (Å²) >= 11 is 7.46. The fourth-order valence-electron chi connectivity index (χ4n) is 3.22. The molecule has 3 rings (SSSR count). The van der Waals surface area contributed by atoms with E-state index in [1.54, 1.807) is 0 Å². The van der Waals surface area contributed by atoms with Crippen molar-refractivity contribution in [3.05, 3.63) is 28.1 Å². The first kappa shape index (κ1) is 14.7. The highest BCUT2D eigenvalue weighted by Gasteiger charge is 2.28. The number of anilines is 1. The Balaban J connectivity index is 1.96. The van der Waals surface area contributed by atoms with Crippen LogP contribution in [-0.2, 0) is 0 Å². The van der Waals surface area contributed by atoms with E-state index in [0.29, 0.717) is 27.4 Å². The first-order chi connectivity index (χ1) is 9.95. The minimum atomic E-state index is 0.0585. The molecule has 1 amide bonds. The second kappa shape index (κ2) is 5.50. The molecule has 1 fully saturated rings. The number of benzene rings is 1. The zero-order valence-corrected chi connectivity index (χ0v) is 13.8. The summed E-state index contributed by atoms with van der Waals surface area (Å²) in [6.07, 6.45) is 1.18. The van der Waals surface area contributed by atoms with Crippen molar-refractivity contribution in [1.29, 1.82) is 0 Å². The van der Waals surface area contributed by atoms with Crippen LogP contribution in [0.4, 0.5) is 5.69 Å². The zero-order chi connectivity index (χ0) is 15.1. The van der Waals surface area contributed by atoms with E-state index in [4.69, 9.17) is 17.3 Å². The molecule has 1 saturated heterocycles. The highest BCUT2D eigenvalue weighted by Crippen LogP contribution is 2.36. The number of hydrogen-bond acceptors (Lipinski definition) is 3. The second-order valence-corrected chi connectivity index (χ2v) is 7.63. The van der Waals surface area contributed by atoms with E-state index < -0.39 is 0 Å². The molecule has 1 aliphatic heterocycles. The van der Waals surface area contributed by atoms with Gasteiger partial charge < -0.3 is 10.6 Å². The molecule has 0 saturated carbocycles.